The highest BCUT2D eigenvalue weighted by atomic mass is 16.5. The number of fused-ring (bicyclic) bond motifs is 11. The summed E-state index contributed by atoms with van der Waals surface area (Å²) in [5.41, 5.74) is 11.5. The van der Waals surface area contributed by atoms with Gasteiger partial charge >= 0.3 is 0 Å². The Morgan fingerprint density at radius 3 is 1.73 bits per heavy atom. The Morgan fingerprint density at radius 1 is 0.385 bits per heavy atom. The van der Waals surface area contributed by atoms with Crippen molar-refractivity contribution in [3.63, 3.8) is 0 Å². The van der Waals surface area contributed by atoms with Crippen LogP contribution in [0.25, 0.3) is 49.7 Å². The summed E-state index contributed by atoms with van der Waals surface area (Å²) < 4.78 is 16.4. The first kappa shape index (κ1) is 28.9. The minimum Gasteiger partial charge on any atom is -0.457 e. The minimum atomic E-state index is -0.739. The number of nitrogens with zero attached hydrogens (tertiary/aromatic N) is 1. The quantitative estimate of drug-likeness (QED) is 0.187. The summed E-state index contributed by atoms with van der Waals surface area (Å²) in [6.07, 6.45) is 0. The predicted octanol–water partition coefficient (Wildman–Crippen LogP) is 12.7. The standard InChI is InChI=1S/C49H31NO2/c1-3-16-32(17-4-1)34-21-15-31-45-46(34)49(39-25-8-11-29-43(39)51-44-30-12-9-26-40(44)49)41-27-14-24-38(48(41)52-45)37-23-13-22-36-35-20-7-10-28-42(35)50(47(36)37)33-18-5-2-6-19-33/h1-31H. The second kappa shape index (κ2) is 11.1. The van der Waals surface area contributed by atoms with Crippen LogP contribution >= 0.6 is 0 Å². The molecule has 3 heterocycles. The molecule has 11 rings (SSSR count). The molecule has 3 nitrogen and oxygen atoms in total. The molecule has 3 heteroatoms. The molecule has 52 heavy (non-hydrogen) atoms. The molecule has 2 aliphatic rings. The second-order valence-electron chi connectivity index (χ2n) is 13.6. The van der Waals surface area contributed by atoms with Gasteiger partial charge in [0.25, 0.3) is 0 Å². The zero-order valence-corrected chi connectivity index (χ0v) is 28.2. The van der Waals surface area contributed by atoms with Gasteiger partial charge in [-0.1, -0.05) is 152 Å². The van der Waals surface area contributed by atoms with Crippen molar-refractivity contribution >= 4 is 21.8 Å². The zero-order chi connectivity index (χ0) is 34.2. The number of ether oxygens (including phenoxy) is 2. The molecule has 0 saturated heterocycles. The van der Waals surface area contributed by atoms with Crippen molar-refractivity contribution in [1.29, 1.82) is 0 Å². The van der Waals surface area contributed by atoms with Crippen molar-refractivity contribution in [3.8, 4) is 50.9 Å². The first-order valence-corrected chi connectivity index (χ1v) is 17.8. The number of rotatable bonds is 3. The third kappa shape index (κ3) is 3.91. The molecule has 1 spiro atoms. The van der Waals surface area contributed by atoms with Gasteiger partial charge in [0, 0.05) is 49.8 Å². The molecule has 0 aliphatic carbocycles. The van der Waals surface area contributed by atoms with E-state index in [0.717, 1.165) is 78.7 Å². The Labute approximate surface area is 301 Å². The number of hydrogen-bond donors (Lipinski definition) is 0. The zero-order valence-electron chi connectivity index (χ0n) is 28.2. The van der Waals surface area contributed by atoms with Crippen LogP contribution in [0.15, 0.2) is 188 Å². The molecule has 244 valence electrons. The topological polar surface area (TPSA) is 23.4 Å². The summed E-state index contributed by atoms with van der Waals surface area (Å²) in [5.74, 6) is 3.38. The van der Waals surface area contributed by atoms with Crippen LogP contribution in [-0.2, 0) is 5.41 Å². The van der Waals surface area contributed by atoms with Gasteiger partial charge < -0.3 is 14.0 Å². The Balaban J connectivity index is 1.29. The van der Waals surface area contributed by atoms with E-state index in [0.29, 0.717) is 0 Å². The third-order valence-corrected chi connectivity index (χ3v) is 10.9. The van der Waals surface area contributed by atoms with Crippen molar-refractivity contribution < 1.29 is 9.47 Å². The van der Waals surface area contributed by atoms with E-state index in [-0.39, 0.29) is 0 Å². The van der Waals surface area contributed by atoms with Gasteiger partial charge in [0.1, 0.15) is 23.0 Å². The Kier molecular flexibility index (Phi) is 6.17. The van der Waals surface area contributed by atoms with Crippen LogP contribution in [0, 0.1) is 0 Å². The van der Waals surface area contributed by atoms with Crippen molar-refractivity contribution in [1.82, 2.24) is 4.57 Å². The summed E-state index contributed by atoms with van der Waals surface area (Å²) >= 11 is 0. The molecule has 0 amide bonds. The van der Waals surface area contributed by atoms with E-state index in [1.807, 2.05) is 0 Å². The lowest BCUT2D eigenvalue weighted by molar-refractivity contribution is 0.401. The maximum atomic E-state index is 7.30. The predicted molar refractivity (Wildman–Crippen MR) is 210 cm³/mol. The Hall–Kier alpha value is -6.84. The third-order valence-electron chi connectivity index (χ3n) is 10.9. The first-order valence-electron chi connectivity index (χ1n) is 17.8. The van der Waals surface area contributed by atoms with Crippen LogP contribution in [0.2, 0.25) is 0 Å². The normalized spacial score (nSPS) is 13.5. The second-order valence-corrected chi connectivity index (χ2v) is 13.6. The van der Waals surface area contributed by atoms with Crippen LogP contribution in [0.5, 0.6) is 23.0 Å². The number of para-hydroxylation sites is 6. The monoisotopic (exact) mass is 665 g/mol. The van der Waals surface area contributed by atoms with Gasteiger partial charge in [0.15, 0.2) is 0 Å². The SMILES string of the molecule is c1ccc(-c2cccc3c2C2(c4ccccc4Oc4ccccc42)c2cccc(-c4cccc5c6ccccc6n(-c6ccccc6)c45)c2O3)cc1. The molecule has 9 aromatic rings. The molecule has 0 radical (unpaired) electrons. The van der Waals surface area contributed by atoms with E-state index >= 15 is 0 Å². The molecular weight excluding hydrogens is 635 g/mol. The lowest BCUT2D eigenvalue weighted by atomic mass is 9.60. The van der Waals surface area contributed by atoms with E-state index in [1.54, 1.807) is 0 Å². The molecule has 0 bridgehead atoms. The largest absolute Gasteiger partial charge is 0.457 e. The van der Waals surface area contributed by atoms with Crippen LogP contribution in [-0.4, -0.2) is 4.57 Å². The highest BCUT2D eigenvalue weighted by molar-refractivity contribution is 6.14. The summed E-state index contributed by atoms with van der Waals surface area (Å²) in [7, 11) is 0. The highest BCUT2D eigenvalue weighted by Crippen LogP contribution is 2.64. The van der Waals surface area contributed by atoms with Crippen LogP contribution < -0.4 is 9.47 Å². The fourth-order valence-corrected chi connectivity index (χ4v) is 8.90. The lowest BCUT2D eigenvalue weighted by Gasteiger charge is -2.46. The lowest BCUT2D eigenvalue weighted by Crippen LogP contribution is -2.37. The summed E-state index contributed by atoms with van der Waals surface area (Å²) in [6, 6.07) is 66.9. The van der Waals surface area contributed by atoms with E-state index in [2.05, 4.69) is 193 Å². The molecule has 8 aromatic carbocycles. The van der Waals surface area contributed by atoms with Crippen molar-refractivity contribution in [2.45, 2.75) is 5.41 Å². The highest BCUT2D eigenvalue weighted by Gasteiger charge is 2.52. The summed E-state index contributed by atoms with van der Waals surface area (Å²) in [5, 5.41) is 2.42. The Morgan fingerprint density at radius 2 is 0.942 bits per heavy atom. The smallest absolute Gasteiger partial charge is 0.140 e. The number of aromatic nitrogens is 1. The van der Waals surface area contributed by atoms with Gasteiger partial charge in [-0.05, 0) is 47.5 Å². The van der Waals surface area contributed by atoms with Crippen LogP contribution in [0.3, 0.4) is 0 Å². The van der Waals surface area contributed by atoms with E-state index in [1.165, 1.54) is 16.3 Å². The molecule has 1 aromatic heterocycles. The van der Waals surface area contributed by atoms with E-state index in [4.69, 9.17) is 9.47 Å². The van der Waals surface area contributed by atoms with Gasteiger partial charge in [-0.15, -0.1) is 0 Å². The first-order chi connectivity index (χ1) is 25.8. The molecular formula is C49H31NO2. The molecule has 0 saturated carbocycles. The van der Waals surface area contributed by atoms with Gasteiger partial charge in [0.05, 0.1) is 16.4 Å². The summed E-state index contributed by atoms with van der Waals surface area (Å²) in [4.78, 5) is 0. The Bertz CT molecular complexity index is 2810. The average Bonchev–Trinajstić information content (AvgIpc) is 3.56. The van der Waals surface area contributed by atoms with E-state index < -0.39 is 5.41 Å². The van der Waals surface area contributed by atoms with Crippen LogP contribution in [0.1, 0.15) is 22.3 Å². The fourth-order valence-electron chi connectivity index (χ4n) is 8.90. The molecule has 0 unspecified atom stereocenters. The number of hydrogen-bond acceptors (Lipinski definition) is 2. The van der Waals surface area contributed by atoms with Crippen molar-refractivity contribution in [3.05, 3.63) is 210 Å². The molecule has 0 atom stereocenters. The average molecular weight is 666 g/mol. The molecule has 2 aliphatic heterocycles. The van der Waals surface area contributed by atoms with Crippen LogP contribution in [0.4, 0.5) is 0 Å². The number of benzene rings is 8. The molecule has 0 fully saturated rings. The molecule has 0 N–H and O–H groups in total. The van der Waals surface area contributed by atoms with Gasteiger partial charge in [-0.2, -0.15) is 0 Å². The van der Waals surface area contributed by atoms with Gasteiger partial charge in [-0.3, -0.25) is 0 Å². The summed E-state index contributed by atoms with van der Waals surface area (Å²) in [6.45, 7) is 0. The van der Waals surface area contributed by atoms with Gasteiger partial charge in [-0.25, -0.2) is 0 Å². The minimum absolute atomic E-state index is 0.739. The van der Waals surface area contributed by atoms with Crippen molar-refractivity contribution in [2.24, 2.45) is 0 Å². The maximum absolute atomic E-state index is 7.30. The van der Waals surface area contributed by atoms with Gasteiger partial charge in [0.2, 0.25) is 0 Å². The van der Waals surface area contributed by atoms with E-state index in [9.17, 15) is 0 Å². The fraction of sp³-hybridized carbons (Fsp3) is 0.0204. The van der Waals surface area contributed by atoms with Crippen molar-refractivity contribution in [2.75, 3.05) is 0 Å². The maximum Gasteiger partial charge on any atom is 0.140 e.